The second kappa shape index (κ2) is 8.33. The Balaban J connectivity index is 1.92. The number of likely N-dealkylation sites (N-methyl/N-ethyl adjacent to an activating group) is 1. The highest BCUT2D eigenvalue weighted by Crippen LogP contribution is 2.33. The number of hydrogen-bond donors (Lipinski definition) is 0. The van der Waals surface area contributed by atoms with E-state index in [1.807, 2.05) is 31.2 Å². The van der Waals surface area contributed by atoms with Gasteiger partial charge in [0.25, 0.3) is 5.91 Å². The average molecular weight is 381 g/mol. The first-order valence-corrected chi connectivity index (χ1v) is 9.35. The van der Waals surface area contributed by atoms with Gasteiger partial charge in [0.05, 0.1) is 11.8 Å². The molecule has 28 heavy (non-hydrogen) atoms. The van der Waals surface area contributed by atoms with E-state index in [4.69, 9.17) is 0 Å². The van der Waals surface area contributed by atoms with Crippen LogP contribution in [0.15, 0.2) is 53.6 Å². The van der Waals surface area contributed by atoms with Crippen LogP contribution in [-0.4, -0.2) is 41.0 Å². The van der Waals surface area contributed by atoms with Crippen molar-refractivity contribution in [1.82, 2.24) is 9.91 Å². The molecule has 3 rings (SSSR count). The second-order valence-corrected chi connectivity index (χ2v) is 7.00. The number of rotatable bonds is 5. The fourth-order valence-corrected chi connectivity index (χ4v) is 3.28. The van der Waals surface area contributed by atoms with Crippen LogP contribution in [0.4, 0.5) is 4.39 Å². The van der Waals surface area contributed by atoms with Crippen molar-refractivity contribution >= 4 is 17.5 Å². The molecule has 0 aliphatic carbocycles. The standard InChI is InChI=1S/C22H24FN3O2/c1-4-21(27)25(3)14-22(28)26-20(16-11-9-15(2)10-12-16)13-19(24-26)17-7-5-6-8-18(17)23/h5-12,20H,4,13-14H2,1-3H3/t20-/m0/s1. The van der Waals surface area contributed by atoms with E-state index in [1.54, 1.807) is 32.2 Å². The summed E-state index contributed by atoms with van der Waals surface area (Å²) in [5.74, 6) is -0.768. The monoisotopic (exact) mass is 381 g/mol. The Morgan fingerprint density at radius 1 is 1.18 bits per heavy atom. The Morgan fingerprint density at radius 3 is 2.50 bits per heavy atom. The van der Waals surface area contributed by atoms with E-state index in [0.29, 0.717) is 24.1 Å². The summed E-state index contributed by atoms with van der Waals surface area (Å²) in [6.45, 7) is 3.68. The molecule has 0 radical (unpaired) electrons. The molecule has 1 atom stereocenters. The molecule has 1 aliphatic rings. The van der Waals surface area contributed by atoms with Gasteiger partial charge in [0, 0.05) is 25.5 Å². The lowest BCUT2D eigenvalue weighted by atomic mass is 9.97. The van der Waals surface area contributed by atoms with Gasteiger partial charge in [-0.3, -0.25) is 9.59 Å². The summed E-state index contributed by atoms with van der Waals surface area (Å²) in [5.41, 5.74) is 2.97. The van der Waals surface area contributed by atoms with Gasteiger partial charge in [-0.05, 0) is 18.6 Å². The van der Waals surface area contributed by atoms with Crippen molar-refractivity contribution < 1.29 is 14.0 Å². The molecule has 2 aromatic rings. The quantitative estimate of drug-likeness (QED) is 0.793. The van der Waals surface area contributed by atoms with E-state index in [0.717, 1.165) is 11.1 Å². The van der Waals surface area contributed by atoms with Crippen LogP contribution in [0, 0.1) is 12.7 Å². The lowest BCUT2D eigenvalue weighted by Gasteiger charge is -2.24. The van der Waals surface area contributed by atoms with E-state index >= 15 is 0 Å². The van der Waals surface area contributed by atoms with Crippen LogP contribution in [-0.2, 0) is 9.59 Å². The summed E-state index contributed by atoms with van der Waals surface area (Å²) in [5, 5.41) is 5.85. The summed E-state index contributed by atoms with van der Waals surface area (Å²) in [7, 11) is 1.60. The Labute approximate surface area is 164 Å². The van der Waals surface area contributed by atoms with E-state index in [1.165, 1.54) is 16.0 Å². The molecule has 0 fully saturated rings. The van der Waals surface area contributed by atoms with Gasteiger partial charge in [-0.25, -0.2) is 9.40 Å². The van der Waals surface area contributed by atoms with E-state index in [9.17, 15) is 14.0 Å². The molecule has 0 bridgehead atoms. The SMILES string of the molecule is CCC(=O)N(C)CC(=O)N1N=C(c2ccccc2F)C[C@H]1c1ccc(C)cc1. The minimum Gasteiger partial charge on any atom is -0.336 e. The van der Waals surface area contributed by atoms with Crippen molar-refractivity contribution in [3.63, 3.8) is 0 Å². The molecule has 5 nitrogen and oxygen atoms in total. The predicted octanol–water partition coefficient (Wildman–Crippen LogP) is 3.68. The van der Waals surface area contributed by atoms with Crippen molar-refractivity contribution in [3.05, 3.63) is 71.0 Å². The molecule has 0 aromatic heterocycles. The highest BCUT2D eigenvalue weighted by Gasteiger charge is 2.34. The highest BCUT2D eigenvalue weighted by atomic mass is 19.1. The van der Waals surface area contributed by atoms with Crippen molar-refractivity contribution in [2.75, 3.05) is 13.6 Å². The number of benzene rings is 2. The number of halogens is 1. The summed E-state index contributed by atoms with van der Waals surface area (Å²) in [4.78, 5) is 26.2. The van der Waals surface area contributed by atoms with Crippen LogP contribution in [0.25, 0.3) is 0 Å². The number of carbonyl (C=O) groups excluding carboxylic acids is 2. The molecule has 2 amide bonds. The Kier molecular flexibility index (Phi) is 5.87. The summed E-state index contributed by atoms with van der Waals surface area (Å²) in [6.07, 6.45) is 0.746. The molecule has 1 heterocycles. The predicted molar refractivity (Wildman–Crippen MR) is 106 cm³/mol. The molecular formula is C22H24FN3O2. The third-order valence-electron chi connectivity index (χ3n) is 4.91. The van der Waals surface area contributed by atoms with E-state index in [-0.39, 0.29) is 30.2 Å². The first-order valence-electron chi connectivity index (χ1n) is 9.35. The largest absolute Gasteiger partial charge is 0.336 e. The maximum atomic E-state index is 14.3. The summed E-state index contributed by atoms with van der Waals surface area (Å²) >= 11 is 0. The van der Waals surface area contributed by atoms with Crippen molar-refractivity contribution in [2.24, 2.45) is 5.10 Å². The first kappa shape index (κ1) is 19.7. The lowest BCUT2D eigenvalue weighted by Crippen LogP contribution is -2.38. The second-order valence-electron chi connectivity index (χ2n) is 7.00. The van der Waals surface area contributed by atoms with Gasteiger partial charge in [-0.2, -0.15) is 5.10 Å². The van der Waals surface area contributed by atoms with E-state index < -0.39 is 0 Å². The normalized spacial score (nSPS) is 16.1. The van der Waals surface area contributed by atoms with Gasteiger partial charge in [-0.1, -0.05) is 55.0 Å². The third-order valence-corrected chi connectivity index (χ3v) is 4.91. The van der Waals surface area contributed by atoms with Crippen molar-refractivity contribution in [3.8, 4) is 0 Å². The van der Waals surface area contributed by atoms with Gasteiger partial charge >= 0.3 is 0 Å². The Morgan fingerprint density at radius 2 is 1.86 bits per heavy atom. The molecule has 0 unspecified atom stereocenters. The number of aryl methyl sites for hydroxylation is 1. The van der Waals surface area contributed by atoms with Crippen LogP contribution in [0.2, 0.25) is 0 Å². The third kappa shape index (κ3) is 4.11. The fraction of sp³-hybridized carbons (Fsp3) is 0.318. The minimum atomic E-state index is -0.364. The van der Waals surface area contributed by atoms with E-state index in [2.05, 4.69) is 5.10 Å². The zero-order chi connectivity index (χ0) is 20.3. The molecule has 146 valence electrons. The molecule has 0 spiro atoms. The summed E-state index contributed by atoms with van der Waals surface area (Å²) < 4.78 is 14.3. The first-order chi connectivity index (χ1) is 13.4. The van der Waals surface area contributed by atoms with Crippen LogP contribution in [0.5, 0.6) is 0 Å². The zero-order valence-corrected chi connectivity index (χ0v) is 16.4. The lowest BCUT2D eigenvalue weighted by molar-refractivity contribution is -0.140. The number of hydrogen-bond acceptors (Lipinski definition) is 3. The Bertz CT molecular complexity index is 908. The van der Waals surface area contributed by atoms with Crippen LogP contribution in [0.1, 0.15) is 42.5 Å². The van der Waals surface area contributed by atoms with Crippen LogP contribution >= 0.6 is 0 Å². The maximum absolute atomic E-state index is 14.3. The number of hydrazone groups is 1. The van der Waals surface area contributed by atoms with Gasteiger partial charge in [0.1, 0.15) is 12.4 Å². The molecule has 0 saturated heterocycles. The maximum Gasteiger partial charge on any atom is 0.262 e. The molecule has 2 aromatic carbocycles. The highest BCUT2D eigenvalue weighted by molar-refractivity contribution is 6.03. The number of carbonyl (C=O) groups is 2. The summed E-state index contributed by atoms with van der Waals surface area (Å²) in [6, 6.07) is 14.0. The van der Waals surface area contributed by atoms with Gasteiger partial charge < -0.3 is 4.90 Å². The fourth-order valence-electron chi connectivity index (χ4n) is 3.28. The number of amides is 2. The smallest absolute Gasteiger partial charge is 0.262 e. The van der Waals surface area contributed by atoms with Crippen molar-refractivity contribution in [2.45, 2.75) is 32.7 Å². The van der Waals surface area contributed by atoms with Crippen molar-refractivity contribution in [1.29, 1.82) is 0 Å². The average Bonchev–Trinajstić information content (AvgIpc) is 3.13. The molecule has 0 N–H and O–H groups in total. The minimum absolute atomic E-state index is 0.0664. The Hall–Kier alpha value is -3.02. The molecule has 1 aliphatic heterocycles. The van der Waals surface area contributed by atoms with Crippen LogP contribution < -0.4 is 0 Å². The topological polar surface area (TPSA) is 53.0 Å². The molecular weight excluding hydrogens is 357 g/mol. The van der Waals surface area contributed by atoms with Gasteiger partial charge in [0.2, 0.25) is 5.91 Å². The molecule has 6 heteroatoms. The van der Waals surface area contributed by atoms with Crippen LogP contribution in [0.3, 0.4) is 0 Å². The van der Waals surface area contributed by atoms with Gasteiger partial charge in [0.15, 0.2) is 0 Å². The number of nitrogens with zero attached hydrogens (tertiary/aromatic N) is 3. The van der Waals surface area contributed by atoms with Gasteiger partial charge in [-0.15, -0.1) is 0 Å². The molecule has 0 saturated carbocycles. The zero-order valence-electron chi connectivity index (χ0n) is 16.4.